The van der Waals surface area contributed by atoms with Crippen molar-refractivity contribution in [1.82, 2.24) is 4.90 Å². The fraction of sp³-hybridized carbons (Fsp3) is 0.562. The Hall–Kier alpha value is -0.830. The van der Waals surface area contributed by atoms with Gasteiger partial charge in [0, 0.05) is 23.5 Å². The van der Waals surface area contributed by atoms with E-state index in [1.165, 1.54) is 30.4 Å². The first-order valence-electron chi connectivity index (χ1n) is 7.28. The topological polar surface area (TPSA) is 20.3 Å². The number of carbonyl (C=O) groups excluding carboxylic acids is 1. The van der Waals surface area contributed by atoms with Gasteiger partial charge in [-0.05, 0) is 61.8 Å². The predicted octanol–water partition coefficient (Wildman–Crippen LogP) is 3.56. The van der Waals surface area contributed by atoms with Crippen molar-refractivity contribution in [2.24, 2.45) is 0 Å². The molecule has 1 aliphatic carbocycles. The molecule has 1 aliphatic heterocycles. The minimum Gasteiger partial charge on any atom is -0.335 e. The second kappa shape index (κ2) is 5.66. The molecule has 1 aromatic carbocycles. The Morgan fingerprint density at radius 1 is 1.21 bits per heavy atom. The van der Waals surface area contributed by atoms with Gasteiger partial charge in [-0.25, -0.2) is 0 Å². The Morgan fingerprint density at radius 3 is 2.89 bits per heavy atom. The number of hydrogen-bond acceptors (Lipinski definition) is 1. The molecule has 102 valence electrons. The number of rotatable bonds is 2. The van der Waals surface area contributed by atoms with Crippen molar-refractivity contribution in [1.29, 1.82) is 0 Å². The highest BCUT2D eigenvalue weighted by molar-refractivity contribution is 9.09. The largest absolute Gasteiger partial charge is 0.335 e. The molecule has 1 heterocycles. The van der Waals surface area contributed by atoms with E-state index in [0.717, 1.165) is 36.7 Å². The van der Waals surface area contributed by atoms with Crippen molar-refractivity contribution in [3.8, 4) is 0 Å². The molecule has 0 bridgehead atoms. The lowest BCUT2D eigenvalue weighted by molar-refractivity contribution is 0.0642. The molecule has 1 saturated heterocycles. The van der Waals surface area contributed by atoms with Crippen LogP contribution in [-0.4, -0.2) is 28.7 Å². The van der Waals surface area contributed by atoms with Crippen LogP contribution >= 0.6 is 15.9 Å². The van der Waals surface area contributed by atoms with E-state index in [4.69, 9.17) is 0 Å². The lowest BCUT2D eigenvalue weighted by Crippen LogP contribution is -2.44. The molecule has 1 aromatic rings. The van der Waals surface area contributed by atoms with Gasteiger partial charge in [-0.1, -0.05) is 22.0 Å². The fourth-order valence-electron chi connectivity index (χ4n) is 3.30. The third-order valence-electron chi connectivity index (χ3n) is 4.41. The normalized spacial score (nSPS) is 22.4. The van der Waals surface area contributed by atoms with Gasteiger partial charge in [0.15, 0.2) is 0 Å². The number of alkyl halides is 1. The van der Waals surface area contributed by atoms with E-state index in [-0.39, 0.29) is 5.91 Å². The number of likely N-dealkylation sites (tertiary alicyclic amines) is 1. The van der Waals surface area contributed by atoms with Crippen molar-refractivity contribution in [2.45, 2.75) is 44.6 Å². The van der Waals surface area contributed by atoms with Crippen molar-refractivity contribution < 1.29 is 4.79 Å². The number of fused-ring (bicyclic) bond motifs is 1. The van der Waals surface area contributed by atoms with Gasteiger partial charge < -0.3 is 4.90 Å². The first-order valence-corrected chi connectivity index (χ1v) is 8.40. The van der Waals surface area contributed by atoms with Gasteiger partial charge in [0.2, 0.25) is 0 Å². The van der Waals surface area contributed by atoms with Gasteiger partial charge >= 0.3 is 0 Å². The molecule has 3 heteroatoms. The summed E-state index contributed by atoms with van der Waals surface area (Å²) < 4.78 is 0. The molecule has 0 spiro atoms. The zero-order valence-corrected chi connectivity index (χ0v) is 12.8. The highest BCUT2D eigenvalue weighted by Crippen LogP contribution is 2.25. The molecule has 0 radical (unpaired) electrons. The van der Waals surface area contributed by atoms with Crippen LogP contribution in [0.1, 0.15) is 47.2 Å². The number of halogens is 1. The summed E-state index contributed by atoms with van der Waals surface area (Å²) in [5, 5.41) is 0.893. The molecule has 0 saturated carbocycles. The smallest absolute Gasteiger partial charge is 0.254 e. The molecule has 2 nitrogen and oxygen atoms in total. The number of aryl methyl sites for hydroxylation is 2. The van der Waals surface area contributed by atoms with Crippen LogP contribution in [0.3, 0.4) is 0 Å². The maximum atomic E-state index is 12.7. The summed E-state index contributed by atoms with van der Waals surface area (Å²) in [4.78, 5) is 14.7. The van der Waals surface area contributed by atoms with E-state index in [0.29, 0.717) is 6.04 Å². The third-order valence-corrected chi connectivity index (χ3v) is 5.16. The van der Waals surface area contributed by atoms with Crippen molar-refractivity contribution >= 4 is 21.8 Å². The molecule has 1 fully saturated rings. The van der Waals surface area contributed by atoms with Crippen molar-refractivity contribution in [3.05, 3.63) is 34.9 Å². The highest BCUT2D eigenvalue weighted by Gasteiger charge is 2.27. The number of piperidine rings is 1. The summed E-state index contributed by atoms with van der Waals surface area (Å²) in [6.07, 6.45) is 7.06. The minimum absolute atomic E-state index is 0.221. The molecule has 19 heavy (non-hydrogen) atoms. The Kier molecular flexibility index (Phi) is 3.92. The Balaban J connectivity index is 1.82. The summed E-state index contributed by atoms with van der Waals surface area (Å²) in [5.74, 6) is 0.221. The molecule has 0 N–H and O–H groups in total. The fourth-order valence-corrected chi connectivity index (χ4v) is 3.97. The number of amides is 1. The average Bonchev–Trinajstić information content (AvgIpc) is 2.93. The van der Waals surface area contributed by atoms with E-state index >= 15 is 0 Å². The maximum Gasteiger partial charge on any atom is 0.254 e. The number of benzene rings is 1. The summed E-state index contributed by atoms with van der Waals surface area (Å²) in [6.45, 7) is 0.909. The van der Waals surface area contributed by atoms with E-state index in [9.17, 15) is 4.79 Å². The molecular weight excluding hydrogens is 302 g/mol. The lowest BCUT2D eigenvalue weighted by Gasteiger charge is -2.35. The van der Waals surface area contributed by atoms with Gasteiger partial charge in [0.1, 0.15) is 0 Å². The Bertz CT molecular complexity index is 486. The second-order valence-corrected chi connectivity index (χ2v) is 6.29. The SMILES string of the molecule is O=C(c1ccc2c(c1)CCC2)N1CCCCC1CBr. The van der Waals surface area contributed by atoms with Crippen LogP contribution in [0.25, 0.3) is 0 Å². The first-order chi connectivity index (χ1) is 9.29. The molecule has 2 aliphatic rings. The molecule has 1 atom stereocenters. The maximum absolute atomic E-state index is 12.7. The van der Waals surface area contributed by atoms with Gasteiger partial charge in [0.05, 0.1) is 0 Å². The number of nitrogens with zero attached hydrogens (tertiary/aromatic N) is 1. The van der Waals surface area contributed by atoms with Crippen molar-refractivity contribution in [3.63, 3.8) is 0 Å². The van der Waals surface area contributed by atoms with E-state index < -0.39 is 0 Å². The summed E-state index contributed by atoms with van der Waals surface area (Å²) >= 11 is 3.55. The Labute approximate surface area is 123 Å². The van der Waals surface area contributed by atoms with Crippen LogP contribution in [0.4, 0.5) is 0 Å². The van der Waals surface area contributed by atoms with E-state index in [2.05, 4.69) is 33.0 Å². The number of hydrogen-bond donors (Lipinski definition) is 0. The highest BCUT2D eigenvalue weighted by atomic mass is 79.9. The summed E-state index contributed by atoms with van der Waals surface area (Å²) in [6, 6.07) is 6.68. The van der Waals surface area contributed by atoms with Crippen LogP contribution in [0, 0.1) is 0 Å². The lowest BCUT2D eigenvalue weighted by atomic mass is 10.0. The third kappa shape index (κ3) is 2.58. The van der Waals surface area contributed by atoms with Crippen LogP contribution < -0.4 is 0 Å². The molecule has 1 amide bonds. The zero-order chi connectivity index (χ0) is 13.2. The zero-order valence-electron chi connectivity index (χ0n) is 11.2. The van der Waals surface area contributed by atoms with Crippen molar-refractivity contribution in [2.75, 3.05) is 11.9 Å². The molecule has 0 aromatic heterocycles. The van der Waals surface area contributed by atoms with Gasteiger partial charge in [-0.3, -0.25) is 4.79 Å². The quantitative estimate of drug-likeness (QED) is 0.763. The first kappa shape index (κ1) is 13.2. The standard InChI is InChI=1S/C16H20BrNO/c17-11-15-6-1-2-9-18(15)16(19)14-8-7-12-4-3-5-13(12)10-14/h7-8,10,15H,1-6,9,11H2. The van der Waals surface area contributed by atoms with Crippen LogP contribution in [0.15, 0.2) is 18.2 Å². The molecule has 1 unspecified atom stereocenters. The molecular formula is C16H20BrNO. The van der Waals surface area contributed by atoms with Gasteiger partial charge in [-0.2, -0.15) is 0 Å². The predicted molar refractivity (Wildman–Crippen MR) is 80.9 cm³/mol. The second-order valence-electron chi connectivity index (χ2n) is 5.64. The van der Waals surface area contributed by atoms with Crippen LogP contribution in [-0.2, 0) is 12.8 Å². The minimum atomic E-state index is 0.221. The van der Waals surface area contributed by atoms with Crippen LogP contribution in [0.5, 0.6) is 0 Å². The van der Waals surface area contributed by atoms with E-state index in [1.807, 2.05) is 6.07 Å². The monoisotopic (exact) mass is 321 g/mol. The molecule has 3 rings (SSSR count). The Morgan fingerprint density at radius 2 is 2.05 bits per heavy atom. The van der Waals surface area contributed by atoms with Gasteiger partial charge in [0.25, 0.3) is 5.91 Å². The van der Waals surface area contributed by atoms with E-state index in [1.54, 1.807) is 0 Å². The average molecular weight is 322 g/mol. The van der Waals surface area contributed by atoms with Crippen LogP contribution in [0.2, 0.25) is 0 Å². The number of carbonyl (C=O) groups is 1. The summed E-state index contributed by atoms with van der Waals surface area (Å²) in [5.41, 5.74) is 3.71. The summed E-state index contributed by atoms with van der Waals surface area (Å²) in [7, 11) is 0. The van der Waals surface area contributed by atoms with Gasteiger partial charge in [-0.15, -0.1) is 0 Å².